The van der Waals surface area contributed by atoms with Gasteiger partial charge in [0.2, 0.25) is 11.8 Å². The van der Waals surface area contributed by atoms with E-state index in [1.807, 2.05) is 37.4 Å². The molecule has 14 heteroatoms. The van der Waals surface area contributed by atoms with Crippen LogP contribution in [-0.4, -0.2) is 58.9 Å². The Morgan fingerprint density at radius 2 is 1.79 bits per heavy atom. The van der Waals surface area contributed by atoms with Crippen molar-refractivity contribution in [2.24, 2.45) is 10.9 Å². The van der Waals surface area contributed by atoms with Crippen molar-refractivity contribution < 1.29 is 14.4 Å². The van der Waals surface area contributed by atoms with Crippen molar-refractivity contribution in [1.82, 2.24) is 34.8 Å². The van der Waals surface area contributed by atoms with Crippen LogP contribution < -0.4 is 11.1 Å². The molecule has 1 saturated heterocycles. The third kappa shape index (κ3) is 7.27. The number of amides is 3. The van der Waals surface area contributed by atoms with Crippen LogP contribution >= 0.6 is 22.9 Å². The van der Waals surface area contributed by atoms with Gasteiger partial charge < -0.3 is 10.6 Å². The average molecular weight is 788 g/mol. The molecule has 4 aliphatic rings. The van der Waals surface area contributed by atoms with Crippen LogP contribution in [0.5, 0.6) is 0 Å². The molecule has 2 aromatic carbocycles. The molecule has 3 N–H and O–H groups in total. The fourth-order valence-electron chi connectivity index (χ4n) is 8.00. The number of benzene rings is 2. The van der Waals surface area contributed by atoms with Gasteiger partial charge >= 0.3 is 0 Å². The van der Waals surface area contributed by atoms with Gasteiger partial charge in [-0.15, -0.1) is 21.5 Å². The molecule has 0 spiro atoms. The van der Waals surface area contributed by atoms with Gasteiger partial charge in [0.1, 0.15) is 22.9 Å². The third-order valence-electron chi connectivity index (χ3n) is 11.0. The molecule has 1 unspecified atom stereocenters. The summed E-state index contributed by atoms with van der Waals surface area (Å²) in [6.45, 7) is 7.50. The van der Waals surface area contributed by atoms with E-state index < -0.39 is 11.9 Å². The Balaban J connectivity index is 0.000000194. The summed E-state index contributed by atoms with van der Waals surface area (Å²) in [5.74, 6) is 8.34. The van der Waals surface area contributed by atoms with E-state index in [0.717, 1.165) is 67.5 Å². The number of imide groups is 1. The molecule has 3 aromatic heterocycles. The summed E-state index contributed by atoms with van der Waals surface area (Å²) >= 11 is 7.86. The van der Waals surface area contributed by atoms with Crippen molar-refractivity contribution in [2.75, 3.05) is 5.73 Å². The third-order valence-corrected chi connectivity index (χ3v) is 12.4. The van der Waals surface area contributed by atoms with Crippen LogP contribution in [0.4, 0.5) is 5.69 Å². The van der Waals surface area contributed by atoms with Crippen molar-refractivity contribution in [1.29, 1.82) is 0 Å². The van der Waals surface area contributed by atoms with Gasteiger partial charge in [0.25, 0.3) is 5.91 Å². The van der Waals surface area contributed by atoms with Crippen LogP contribution in [0.2, 0.25) is 5.02 Å². The Kier molecular flexibility index (Phi) is 10.3. The zero-order valence-electron chi connectivity index (χ0n) is 31.5. The van der Waals surface area contributed by atoms with E-state index in [2.05, 4.69) is 61.7 Å². The van der Waals surface area contributed by atoms with Crippen molar-refractivity contribution in [3.8, 4) is 16.8 Å². The van der Waals surface area contributed by atoms with Gasteiger partial charge in [0.05, 0.1) is 22.3 Å². The number of halogens is 1. The van der Waals surface area contributed by atoms with Crippen LogP contribution in [0.25, 0.3) is 5.00 Å². The van der Waals surface area contributed by atoms with Gasteiger partial charge in [-0.1, -0.05) is 60.9 Å². The van der Waals surface area contributed by atoms with Crippen molar-refractivity contribution in [3.05, 3.63) is 110 Å². The molecule has 2 fully saturated rings. The van der Waals surface area contributed by atoms with E-state index in [0.29, 0.717) is 29.2 Å². The smallest absolute Gasteiger partial charge is 0.255 e. The molecular weight excluding hydrogens is 746 g/mol. The monoisotopic (exact) mass is 787 g/mol. The summed E-state index contributed by atoms with van der Waals surface area (Å²) in [5, 5.41) is 17.5. The Morgan fingerprint density at radius 3 is 2.54 bits per heavy atom. The molecule has 9 rings (SSSR count). The largest absolute Gasteiger partial charge is 0.398 e. The summed E-state index contributed by atoms with van der Waals surface area (Å²) in [4.78, 5) is 42.9. The maximum absolute atomic E-state index is 12.3. The lowest BCUT2D eigenvalue weighted by molar-refractivity contribution is -0.136. The number of hydrogen-bond donors (Lipinski definition) is 2. The Labute approximate surface area is 334 Å². The summed E-state index contributed by atoms with van der Waals surface area (Å²) < 4.78 is 4.20. The fraction of sp³-hybridized carbons (Fsp3) is 0.357. The zero-order chi connectivity index (χ0) is 39.1. The summed E-state index contributed by atoms with van der Waals surface area (Å²) in [7, 11) is 0. The second-order valence-corrected chi connectivity index (χ2v) is 16.3. The second kappa shape index (κ2) is 15.5. The van der Waals surface area contributed by atoms with E-state index in [9.17, 15) is 14.4 Å². The molecule has 2 atom stereocenters. The molecule has 5 aromatic rings. The van der Waals surface area contributed by atoms with E-state index in [-0.39, 0.29) is 24.3 Å². The van der Waals surface area contributed by atoms with Crippen LogP contribution in [-0.2, 0) is 22.7 Å². The number of carbonyl (C=O) groups is 3. The topological polar surface area (TPSA) is 153 Å². The Hall–Kier alpha value is -5.58. The number of rotatable bonds is 4. The molecule has 6 heterocycles. The number of nitrogens with one attached hydrogen (secondary N) is 1. The lowest BCUT2D eigenvalue weighted by atomic mass is 9.89. The van der Waals surface area contributed by atoms with Gasteiger partial charge in [0, 0.05) is 58.7 Å². The molecular formula is C42H42ClN9O3S. The minimum absolute atomic E-state index is 0.129. The lowest BCUT2D eigenvalue weighted by Crippen LogP contribution is -2.52. The number of aliphatic imine (C=N–C) groups is 1. The Bertz CT molecular complexity index is 2450. The highest BCUT2D eigenvalue weighted by Crippen LogP contribution is 2.39. The molecule has 3 amide bonds. The summed E-state index contributed by atoms with van der Waals surface area (Å²) in [6, 6.07) is 12.3. The number of thiophene rings is 1. The predicted octanol–water partition coefficient (Wildman–Crippen LogP) is 6.72. The Morgan fingerprint density at radius 1 is 1.00 bits per heavy atom. The first-order chi connectivity index (χ1) is 27.0. The SMILES string of the molecule is Cc1c(C#Cc2cnn(CC3CCCCC3)c2)sc2c1C(c1ccc(Cl)cc1)=N[C@@H](C)c1nnc(C)n1-2.Nc1cccc2c1CN(C1CCC(=O)NC1=O)C2=O. The maximum Gasteiger partial charge on any atom is 0.255 e. The van der Waals surface area contributed by atoms with Crippen LogP contribution in [0.15, 0.2) is 59.9 Å². The van der Waals surface area contributed by atoms with Crippen molar-refractivity contribution >= 4 is 52.1 Å². The van der Waals surface area contributed by atoms with Crippen LogP contribution in [0.3, 0.4) is 0 Å². The number of nitrogen functional groups attached to an aromatic ring is 1. The fourth-order valence-corrected chi connectivity index (χ4v) is 9.34. The standard InChI is InChI=1S/C29H29ClN6S.C13H13N3O3/c1-18-25(14-9-22-15-31-35(17-22)16-21-7-5-4-6-8-21)37-29-26(18)27(23-10-12-24(30)13-11-23)32-19(2)28-34-33-20(3)36(28)29;14-9-3-1-2-7-8(9)6-16(13(7)19)10-4-5-11(17)15-12(10)18/h10-13,15,17,19,21H,4-8,16H2,1-3H3;1-3,10H,4-6,14H2,(H,15,17,18)/t19-;/m0./s1. The van der Waals surface area contributed by atoms with Gasteiger partial charge in [-0.25, -0.2) is 0 Å². The number of fused-ring (bicyclic) bond motifs is 4. The first kappa shape index (κ1) is 37.3. The molecule has 1 saturated carbocycles. The van der Waals surface area contributed by atoms with Gasteiger partial charge in [0.15, 0.2) is 5.82 Å². The zero-order valence-corrected chi connectivity index (χ0v) is 33.1. The highest BCUT2D eigenvalue weighted by Gasteiger charge is 2.39. The predicted molar refractivity (Wildman–Crippen MR) is 216 cm³/mol. The van der Waals surface area contributed by atoms with Gasteiger partial charge in [-0.3, -0.25) is 33.9 Å². The van der Waals surface area contributed by atoms with Crippen LogP contribution in [0, 0.1) is 31.6 Å². The number of nitrogens with two attached hydrogens (primary N) is 1. The highest BCUT2D eigenvalue weighted by atomic mass is 35.5. The quantitative estimate of drug-likeness (QED) is 0.117. The number of piperidine rings is 1. The molecule has 0 bridgehead atoms. The molecule has 0 radical (unpaired) electrons. The van der Waals surface area contributed by atoms with E-state index >= 15 is 0 Å². The normalized spacial score (nSPS) is 19.1. The van der Waals surface area contributed by atoms with E-state index in [4.69, 9.17) is 22.3 Å². The van der Waals surface area contributed by atoms with E-state index in [1.165, 1.54) is 37.0 Å². The maximum atomic E-state index is 12.3. The molecule has 3 aliphatic heterocycles. The number of hydrogen-bond acceptors (Lipinski definition) is 9. The lowest BCUT2D eigenvalue weighted by Gasteiger charge is -2.29. The second-order valence-electron chi connectivity index (χ2n) is 14.8. The summed E-state index contributed by atoms with van der Waals surface area (Å²) in [5.41, 5.74) is 12.8. The number of aryl methyl sites for hydroxylation is 1. The number of carbonyl (C=O) groups excluding carboxylic acids is 3. The molecule has 12 nitrogen and oxygen atoms in total. The van der Waals surface area contributed by atoms with Crippen LogP contribution in [0.1, 0.15) is 113 Å². The molecule has 1 aliphatic carbocycles. The van der Waals surface area contributed by atoms with Gasteiger partial charge in [-0.2, -0.15) is 5.10 Å². The average Bonchev–Trinajstić information content (AvgIpc) is 3.94. The molecule has 286 valence electrons. The minimum atomic E-state index is -0.586. The highest BCUT2D eigenvalue weighted by molar-refractivity contribution is 7.15. The van der Waals surface area contributed by atoms with Gasteiger partial charge in [-0.05, 0) is 75.8 Å². The van der Waals surface area contributed by atoms with Crippen molar-refractivity contribution in [3.63, 3.8) is 0 Å². The molecule has 56 heavy (non-hydrogen) atoms. The number of nitrogens with zero attached hydrogens (tertiary/aromatic N) is 7. The van der Waals surface area contributed by atoms with E-state index in [1.54, 1.807) is 29.5 Å². The summed E-state index contributed by atoms with van der Waals surface area (Å²) in [6.07, 6.45) is 11.3. The first-order valence-corrected chi connectivity index (χ1v) is 20.2. The van der Waals surface area contributed by atoms with Crippen molar-refractivity contribution in [2.45, 2.75) is 90.9 Å². The number of anilines is 1. The number of aromatic nitrogens is 5. The first-order valence-electron chi connectivity index (χ1n) is 19.0. The minimum Gasteiger partial charge on any atom is -0.398 e.